The topological polar surface area (TPSA) is 56.1 Å². The van der Waals surface area contributed by atoms with Gasteiger partial charge in [-0.15, -0.1) is 23.5 Å². The standard InChI is InChI=1S/C21H20BrN3O2S2/c22-16-5-8-19(25-10-1-9-23-25)18(13-16)24-20(26)14-27-17-6-3-15(4-7-17)21-28-11-2-12-29-21/h1,3-10,13,21H,2,11-12,14H2,(H,24,26). The van der Waals surface area contributed by atoms with Crippen molar-refractivity contribution in [3.05, 3.63) is 71.0 Å². The number of aromatic nitrogens is 2. The lowest BCUT2D eigenvalue weighted by Gasteiger charge is -2.21. The number of nitrogens with one attached hydrogen (secondary N) is 1. The molecule has 0 saturated carbocycles. The highest BCUT2D eigenvalue weighted by atomic mass is 79.9. The van der Waals surface area contributed by atoms with Gasteiger partial charge in [0.25, 0.3) is 5.91 Å². The van der Waals surface area contributed by atoms with Crippen LogP contribution in [0.4, 0.5) is 5.69 Å². The van der Waals surface area contributed by atoms with Crippen LogP contribution in [0, 0.1) is 0 Å². The molecule has 3 aromatic rings. The number of carbonyl (C=O) groups is 1. The second kappa shape index (κ2) is 9.73. The summed E-state index contributed by atoms with van der Waals surface area (Å²) in [5.41, 5.74) is 2.76. The summed E-state index contributed by atoms with van der Waals surface area (Å²) >= 11 is 7.43. The zero-order valence-corrected chi connectivity index (χ0v) is 18.8. The average molecular weight is 490 g/mol. The number of rotatable bonds is 6. The van der Waals surface area contributed by atoms with Gasteiger partial charge in [0, 0.05) is 16.9 Å². The number of ether oxygens (including phenoxy) is 1. The molecule has 2 heterocycles. The summed E-state index contributed by atoms with van der Waals surface area (Å²) in [4.78, 5) is 12.4. The Morgan fingerprint density at radius 1 is 1.21 bits per heavy atom. The molecule has 0 bridgehead atoms. The summed E-state index contributed by atoms with van der Waals surface area (Å²) in [6, 6.07) is 15.6. The van der Waals surface area contributed by atoms with E-state index in [2.05, 4.69) is 38.5 Å². The highest BCUT2D eigenvalue weighted by molar-refractivity contribution is 9.10. The van der Waals surface area contributed by atoms with Crippen molar-refractivity contribution in [2.45, 2.75) is 11.0 Å². The van der Waals surface area contributed by atoms with Gasteiger partial charge in [-0.25, -0.2) is 4.68 Å². The van der Waals surface area contributed by atoms with E-state index in [0.29, 0.717) is 16.0 Å². The quantitative estimate of drug-likeness (QED) is 0.493. The molecule has 29 heavy (non-hydrogen) atoms. The number of thioether (sulfide) groups is 2. The van der Waals surface area contributed by atoms with Gasteiger partial charge in [-0.2, -0.15) is 5.10 Å². The summed E-state index contributed by atoms with van der Waals surface area (Å²) < 4.78 is 8.77. The molecule has 0 radical (unpaired) electrons. The third-order valence-electron chi connectivity index (χ3n) is 4.33. The van der Waals surface area contributed by atoms with Crippen molar-refractivity contribution < 1.29 is 9.53 Å². The molecule has 150 valence electrons. The van der Waals surface area contributed by atoms with Gasteiger partial charge in [-0.1, -0.05) is 28.1 Å². The van der Waals surface area contributed by atoms with Crippen LogP contribution in [0.15, 0.2) is 65.4 Å². The molecule has 0 unspecified atom stereocenters. The van der Waals surface area contributed by atoms with Crippen molar-refractivity contribution in [2.75, 3.05) is 23.4 Å². The van der Waals surface area contributed by atoms with Crippen LogP contribution >= 0.6 is 39.5 Å². The van der Waals surface area contributed by atoms with E-state index in [1.54, 1.807) is 10.9 Å². The minimum atomic E-state index is -0.223. The Labute approximate surface area is 186 Å². The fourth-order valence-corrected chi connectivity index (χ4v) is 6.21. The molecule has 0 spiro atoms. The van der Waals surface area contributed by atoms with Crippen molar-refractivity contribution in [1.29, 1.82) is 0 Å². The maximum Gasteiger partial charge on any atom is 0.262 e. The zero-order chi connectivity index (χ0) is 20.1. The maximum atomic E-state index is 12.4. The molecule has 1 saturated heterocycles. The zero-order valence-electron chi connectivity index (χ0n) is 15.6. The number of benzene rings is 2. The molecular weight excluding hydrogens is 470 g/mol. The van der Waals surface area contributed by atoms with Gasteiger partial charge in [0.05, 0.1) is 16.0 Å². The van der Waals surface area contributed by atoms with Crippen molar-refractivity contribution >= 4 is 51.0 Å². The van der Waals surface area contributed by atoms with Crippen molar-refractivity contribution in [3.63, 3.8) is 0 Å². The first-order valence-electron chi connectivity index (χ1n) is 9.24. The number of carbonyl (C=O) groups excluding carboxylic acids is 1. The summed E-state index contributed by atoms with van der Waals surface area (Å²) in [6.07, 6.45) is 4.81. The molecule has 1 aliphatic rings. The average Bonchev–Trinajstić information content (AvgIpc) is 3.28. The van der Waals surface area contributed by atoms with E-state index in [1.165, 1.54) is 23.5 Å². The van der Waals surface area contributed by atoms with Crippen LogP contribution in [0.5, 0.6) is 5.75 Å². The van der Waals surface area contributed by atoms with Crippen LogP contribution in [-0.4, -0.2) is 33.8 Å². The number of anilines is 1. The van der Waals surface area contributed by atoms with E-state index < -0.39 is 0 Å². The molecule has 1 aliphatic heterocycles. The van der Waals surface area contributed by atoms with Crippen molar-refractivity contribution in [2.24, 2.45) is 0 Å². The highest BCUT2D eigenvalue weighted by Gasteiger charge is 2.16. The second-order valence-corrected chi connectivity index (χ2v) is 10.1. The Morgan fingerprint density at radius 3 is 2.72 bits per heavy atom. The van der Waals surface area contributed by atoms with E-state index in [0.717, 1.165) is 10.2 Å². The minimum Gasteiger partial charge on any atom is -0.484 e. The normalized spacial score (nSPS) is 14.5. The molecule has 4 rings (SSSR count). The Balaban J connectivity index is 1.36. The predicted octanol–water partition coefficient (Wildman–Crippen LogP) is 5.52. The lowest BCUT2D eigenvalue weighted by atomic mass is 10.2. The SMILES string of the molecule is O=C(COc1ccc(C2SCCCS2)cc1)Nc1cc(Br)ccc1-n1cccn1. The first-order chi connectivity index (χ1) is 14.2. The van der Waals surface area contributed by atoms with Crippen molar-refractivity contribution in [1.82, 2.24) is 9.78 Å². The third-order valence-corrected chi connectivity index (χ3v) is 7.84. The Morgan fingerprint density at radius 2 is 2.00 bits per heavy atom. The molecule has 5 nitrogen and oxygen atoms in total. The summed E-state index contributed by atoms with van der Waals surface area (Å²) in [5, 5.41) is 7.15. The molecule has 1 fully saturated rings. The number of hydrogen-bond donors (Lipinski definition) is 1. The Bertz CT molecular complexity index is 959. The lowest BCUT2D eigenvalue weighted by Crippen LogP contribution is -2.21. The largest absolute Gasteiger partial charge is 0.484 e. The predicted molar refractivity (Wildman–Crippen MR) is 124 cm³/mol. The van der Waals surface area contributed by atoms with Crippen molar-refractivity contribution in [3.8, 4) is 11.4 Å². The first kappa shape index (κ1) is 20.4. The summed E-state index contributed by atoms with van der Waals surface area (Å²) in [5.74, 6) is 2.90. The lowest BCUT2D eigenvalue weighted by molar-refractivity contribution is -0.118. The van der Waals surface area contributed by atoms with Crippen LogP contribution in [0.1, 0.15) is 16.6 Å². The van der Waals surface area contributed by atoms with Crippen LogP contribution in [0.25, 0.3) is 5.69 Å². The molecule has 1 aromatic heterocycles. The minimum absolute atomic E-state index is 0.0582. The van der Waals surface area contributed by atoms with Gasteiger partial charge in [0.2, 0.25) is 0 Å². The van der Waals surface area contributed by atoms with Gasteiger partial charge in [0.15, 0.2) is 6.61 Å². The number of amides is 1. The highest BCUT2D eigenvalue weighted by Crippen LogP contribution is 2.43. The van der Waals surface area contributed by atoms with Crippen LogP contribution in [-0.2, 0) is 4.79 Å². The van der Waals surface area contributed by atoms with Gasteiger partial charge >= 0.3 is 0 Å². The number of halogens is 1. The van der Waals surface area contributed by atoms with E-state index in [4.69, 9.17) is 4.74 Å². The maximum absolute atomic E-state index is 12.4. The monoisotopic (exact) mass is 489 g/mol. The Hall–Kier alpha value is -1.90. The third kappa shape index (κ3) is 5.38. The molecule has 2 aromatic carbocycles. The molecule has 0 atom stereocenters. The summed E-state index contributed by atoms with van der Waals surface area (Å²) in [7, 11) is 0. The van der Waals surface area contributed by atoms with E-state index >= 15 is 0 Å². The summed E-state index contributed by atoms with van der Waals surface area (Å²) in [6.45, 7) is -0.0582. The molecule has 8 heteroatoms. The van der Waals surface area contributed by atoms with E-state index in [-0.39, 0.29) is 12.5 Å². The molecule has 1 amide bonds. The van der Waals surface area contributed by atoms with E-state index in [9.17, 15) is 4.79 Å². The fourth-order valence-electron chi connectivity index (χ4n) is 2.96. The first-order valence-corrected chi connectivity index (χ1v) is 12.1. The fraction of sp³-hybridized carbons (Fsp3) is 0.238. The van der Waals surface area contributed by atoms with Crippen LogP contribution in [0.2, 0.25) is 0 Å². The number of nitrogens with zero attached hydrogens (tertiary/aromatic N) is 2. The van der Waals surface area contributed by atoms with E-state index in [1.807, 2.05) is 66.1 Å². The molecule has 1 N–H and O–H groups in total. The van der Waals surface area contributed by atoms with Gasteiger partial charge in [-0.05, 0) is 59.9 Å². The van der Waals surface area contributed by atoms with Gasteiger partial charge in [0.1, 0.15) is 5.75 Å². The molecular formula is C21H20BrN3O2S2. The Kier molecular flexibility index (Phi) is 6.84. The van der Waals surface area contributed by atoms with Gasteiger partial charge < -0.3 is 10.1 Å². The number of hydrogen-bond acceptors (Lipinski definition) is 5. The van der Waals surface area contributed by atoms with Gasteiger partial charge in [-0.3, -0.25) is 4.79 Å². The van der Waals surface area contributed by atoms with Crippen LogP contribution < -0.4 is 10.1 Å². The van der Waals surface area contributed by atoms with Crippen LogP contribution in [0.3, 0.4) is 0 Å². The molecule has 0 aliphatic carbocycles. The second-order valence-electron chi connectivity index (χ2n) is 6.45. The smallest absolute Gasteiger partial charge is 0.262 e.